The van der Waals surface area contributed by atoms with Crippen LogP contribution in [0.3, 0.4) is 0 Å². The van der Waals surface area contributed by atoms with Gasteiger partial charge in [0.05, 0.1) is 12.6 Å². The van der Waals surface area contributed by atoms with Crippen LogP contribution in [0.15, 0.2) is 64.3 Å². The molecule has 136 valence electrons. The molecule has 0 fully saturated rings. The third kappa shape index (κ3) is 2.69. The molecule has 4 rings (SSSR count). The summed E-state index contributed by atoms with van der Waals surface area (Å²) in [5.41, 5.74) is 1.50. The first-order valence-corrected chi connectivity index (χ1v) is 8.34. The van der Waals surface area contributed by atoms with E-state index in [0.29, 0.717) is 22.5 Å². The van der Waals surface area contributed by atoms with Gasteiger partial charge in [-0.1, -0.05) is 24.3 Å². The topological polar surface area (TPSA) is 89.3 Å². The second-order valence-electron chi connectivity index (χ2n) is 5.86. The summed E-state index contributed by atoms with van der Waals surface area (Å²) >= 11 is 5.93. The normalized spacial score (nSPS) is 11.0. The molecule has 0 aliphatic heterocycles. The minimum absolute atomic E-state index is 0.0572. The third-order valence-corrected chi connectivity index (χ3v) is 4.70. The zero-order valence-corrected chi connectivity index (χ0v) is 14.9. The summed E-state index contributed by atoms with van der Waals surface area (Å²) in [6, 6.07) is 14.1. The predicted molar refractivity (Wildman–Crippen MR) is 103 cm³/mol. The highest BCUT2D eigenvalue weighted by Gasteiger charge is 2.13. The molecule has 2 heterocycles. The lowest BCUT2D eigenvalue weighted by Crippen LogP contribution is -2.26. The van der Waals surface area contributed by atoms with E-state index >= 15 is 0 Å². The fraction of sp³-hybridized carbons (Fsp3) is 0.0526. The number of methoxy groups -OCH3 is 1. The summed E-state index contributed by atoms with van der Waals surface area (Å²) in [6.45, 7) is 0. The Morgan fingerprint density at radius 3 is 2.52 bits per heavy atom. The van der Waals surface area contributed by atoms with Gasteiger partial charge in [-0.15, -0.1) is 0 Å². The first-order chi connectivity index (χ1) is 13.0. The molecule has 0 aliphatic carbocycles. The lowest BCUT2D eigenvalue weighted by molar-refractivity contribution is 0.374. The summed E-state index contributed by atoms with van der Waals surface area (Å²) in [5, 5.41) is 10.3. The molecule has 2 N–H and O–H groups in total. The minimum Gasteiger partial charge on any atom is -0.504 e. The molecule has 0 saturated carbocycles. The van der Waals surface area contributed by atoms with Gasteiger partial charge in [0, 0.05) is 29.2 Å². The second-order valence-corrected chi connectivity index (χ2v) is 6.20. The maximum atomic E-state index is 12.2. The van der Waals surface area contributed by atoms with Crippen LogP contribution in [-0.2, 0) is 0 Å². The Kier molecular flexibility index (Phi) is 4.01. The molecule has 8 heteroatoms. The Morgan fingerprint density at radius 2 is 1.81 bits per heavy atom. The SMILES string of the molecule is COc1cccc(-c2ccc(-n3ccc4c3c(=O)[nH]c(=O)n4Cl)cc2)c1O. The zero-order valence-electron chi connectivity index (χ0n) is 14.1. The number of halogens is 1. The van der Waals surface area contributed by atoms with Crippen molar-refractivity contribution in [1.82, 2.24) is 13.6 Å². The Bertz CT molecular complexity index is 1270. The quantitative estimate of drug-likeness (QED) is 0.569. The molecule has 2 aromatic heterocycles. The summed E-state index contributed by atoms with van der Waals surface area (Å²) in [6.07, 6.45) is 1.66. The van der Waals surface area contributed by atoms with Crippen molar-refractivity contribution >= 4 is 22.8 Å². The molecule has 2 aromatic carbocycles. The van der Waals surface area contributed by atoms with Crippen molar-refractivity contribution in [2.75, 3.05) is 7.11 Å². The van der Waals surface area contributed by atoms with Crippen LogP contribution in [-0.4, -0.2) is 25.9 Å². The molecule has 0 bridgehead atoms. The van der Waals surface area contributed by atoms with E-state index in [-0.39, 0.29) is 11.3 Å². The summed E-state index contributed by atoms with van der Waals surface area (Å²) in [7, 11) is 1.49. The van der Waals surface area contributed by atoms with Crippen LogP contribution < -0.4 is 16.0 Å². The number of benzene rings is 2. The van der Waals surface area contributed by atoms with Crippen LogP contribution in [0.5, 0.6) is 11.5 Å². The van der Waals surface area contributed by atoms with Crippen molar-refractivity contribution < 1.29 is 9.84 Å². The number of rotatable bonds is 3. The van der Waals surface area contributed by atoms with Gasteiger partial charge in [0.25, 0.3) is 5.56 Å². The van der Waals surface area contributed by atoms with Crippen LogP contribution >= 0.6 is 11.8 Å². The van der Waals surface area contributed by atoms with Gasteiger partial charge in [-0.2, -0.15) is 0 Å². The van der Waals surface area contributed by atoms with Crippen LogP contribution in [0.25, 0.3) is 27.8 Å². The second kappa shape index (κ2) is 6.37. The van der Waals surface area contributed by atoms with Crippen LogP contribution in [0.4, 0.5) is 0 Å². The number of hydrogen-bond acceptors (Lipinski definition) is 4. The van der Waals surface area contributed by atoms with Gasteiger partial charge in [-0.3, -0.25) is 9.78 Å². The number of aromatic nitrogens is 3. The van der Waals surface area contributed by atoms with E-state index in [1.54, 1.807) is 47.2 Å². The predicted octanol–water partition coefficient (Wildman–Crippen LogP) is 2.86. The number of H-pyrrole nitrogens is 1. The molecule has 0 unspecified atom stereocenters. The van der Waals surface area contributed by atoms with Crippen molar-refractivity contribution in [2.45, 2.75) is 0 Å². The van der Waals surface area contributed by atoms with Crippen molar-refractivity contribution in [3.05, 3.63) is 75.6 Å². The number of para-hydroxylation sites is 1. The minimum atomic E-state index is -0.684. The first kappa shape index (κ1) is 17.0. The van der Waals surface area contributed by atoms with Crippen molar-refractivity contribution in [1.29, 1.82) is 0 Å². The highest BCUT2D eigenvalue weighted by Crippen LogP contribution is 2.37. The zero-order chi connectivity index (χ0) is 19.1. The van der Waals surface area contributed by atoms with E-state index in [9.17, 15) is 14.7 Å². The van der Waals surface area contributed by atoms with Crippen molar-refractivity contribution in [2.24, 2.45) is 0 Å². The van der Waals surface area contributed by atoms with E-state index in [1.807, 2.05) is 12.1 Å². The molecular formula is C19H14ClN3O4. The van der Waals surface area contributed by atoms with Gasteiger partial charge in [-0.25, -0.2) is 8.88 Å². The molecule has 27 heavy (non-hydrogen) atoms. The lowest BCUT2D eigenvalue weighted by Gasteiger charge is -2.10. The number of phenolic OH excluding ortho intramolecular Hbond substituents is 1. The van der Waals surface area contributed by atoms with Gasteiger partial charge in [0.1, 0.15) is 5.52 Å². The number of nitrogens with zero attached hydrogens (tertiary/aromatic N) is 2. The number of nitrogens with one attached hydrogen (secondary N) is 1. The van der Waals surface area contributed by atoms with Crippen LogP contribution in [0, 0.1) is 0 Å². The van der Waals surface area contributed by atoms with E-state index in [1.165, 1.54) is 7.11 Å². The van der Waals surface area contributed by atoms with Gasteiger partial charge < -0.3 is 14.4 Å². The maximum Gasteiger partial charge on any atom is 0.343 e. The molecule has 4 aromatic rings. The van der Waals surface area contributed by atoms with Crippen molar-refractivity contribution in [3.8, 4) is 28.3 Å². The number of hydrogen-bond donors (Lipinski definition) is 2. The van der Waals surface area contributed by atoms with Gasteiger partial charge in [0.2, 0.25) is 0 Å². The average molecular weight is 384 g/mol. The smallest absolute Gasteiger partial charge is 0.343 e. The summed E-state index contributed by atoms with van der Waals surface area (Å²) in [4.78, 5) is 26.0. The number of aromatic amines is 1. The van der Waals surface area contributed by atoms with Gasteiger partial charge in [0.15, 0.2) is 11.5 Å². The molecule has 7 nitrogen and oxygen atoms in total. The molecule has 0 amide bonds. The van der Waals surface area contributed by atoms with Crippen molar-refractivity contribution in [3.63, 3.8) is 0 Å². The lowest BCUT2D eigenvalue weighted by atomic mass is 10.0. The fourth-order valence-corrected chi connectivity index (χ4v) is 3.24. The molecule has 0 spiro atoms. The number of phenols is 1. The number of aromatic hydroxyl groups is 1. The molecule has 0 radical (unpaired) electrons. The monoisotopic (exact) mass is 383 g/mol. The molecule has 0 saturated heterocycles. The highest BCUT2D eigenvalue weighted by atomic mass is 35.5. The van der Waals surface area contributed by atoms with Gasteiger partial charge >= 0.3 is 5.69 Å². The Morgan fingerprint density at radius 1 is 1.07 bits per heavy atom. The van der Waals surface area contributed by atoms with E-state index in [4.69, 9.17) is 16.5 Å². The third-order valence-electron chi connectivity index (χ3n) is 4.37. The maximum absolute atomic E-state index is 12.2. The van der Waals surface area contributed by atoms with Crippen LogP contribution in [0.1, 0.15) is 0 Å². The Labute approximate surface area is 157 Å². The largest absolute Gasteiger partial charge is 0.504 e. The first-order valence-electron chi connectivity index (χ1n) is 8.00. The number of fused-ring (bicyclic) bond motifs is 1. The molecular weight excluding hydrogens is 370 g/mol. The highest BCUT2D eigenvalue weighted by molar-refractivity contribution is 6.18. The summed E-state index contributed by atoms with van der Waals surface area (Å²) in [5.74, 6) is 0.446. The number of ether oxygens (including phenoxy) is 1. The summed E-state index contributed by atoms with van der Waals surface area (Å²) < 4.78 is 7.65. The van der Waals surface area contributed by atoms with E-state index in [0.717, 1.165) is 9.65 Å². The fourth-order valence-electron chi connectivity index (χ4n) is 3.06. The van der Waals surface area contributed by atoms with E-state index in [2.05, 4.69) is 4.98 Å². The standard InChI is InChI=1S/C19H14ClN3O4/c1-27-15-4-2-3-13(17(15)24)11-5-7-12(8-6-11)22-10-9-14-16(22)18(25)21-19(26)23(14)20/h2-10,24H,1H3,(H,21,25,26). The molecule has 0 aliphatic rings. The Hall–Kier alpha value is -3.45. The molecule has 0 atom stereocenters. The average Bonchev–Trinajstić information content (AvgIpc) is 3.12. The Balaban J connectivity index is 1.83. The van der Waals surface area contributed by atoms with Gasteiger partial charge in [-0.05, 0) is 29.8 Å². The van der Waals surface area contributed by atoms with Crippen LogP contribution in [0.2, 0.25) is 0 Å². The van der Waals surface area contributed by atoms with E-state index < -0.39 is 11.2 Å².